The van der Waals surface area contributed by atoms with Gasteiger partial charge in [-0.2, -0.15) is 10.5 Å². The topological polar surface area (TPSA) is 104 Å². The first-order valence-corrected chi connectivity index (χ1v) is 7.14. The SMILES string of the molecule is COC(=O)c1cc(NC=C(C#N)C#N)c2c(c1)Oc1ccccc1O2. The van der Waals surface area contributed by atoms with Crippen molar-refractivity contribution in [2.24, 2.45) is 0 Å². The van der Waals surface area contributed by atoms with Crippen LogP contribution >= 0.6 is 0 Å². The first-order chi connectivity index (χ1) is 12.2. The number of para-hydroxylation sites is 2. The Kier molecular flexibility index (Phi) is 4.23. The summed E-state index contributed by atoms with van der Waals surface area (Å²) in [6, 6.07) is 13.5. The molecule has 0 aliphatic carbocycles. The number of nitrogens with zero attached hydrogens (tertiary/aromatic N) is 2. The van der Waals surface area contributed by atoms with Crippen molar-refractivity contribution in [2.75, 3.05) is 12.4 Å². The summed E-state index contributed by atoms with van der Waals surface area (Å²) in [6.45, 7) is 0. The highest BCUT2D eigenvalue weighted by atomic mass is 16.6. The molecule has 3 rings (SSSR count). The number of carbonyl (C=O) groups excluding carboxylic acids is 1. The molecule has 1 aliphatic rings. The van der Waals surface area contributed by atoms with Gasteiger partial charge in [-0.05, 0) is 24.3 Å². The molecule has 0 bridgehead atoms. The molecule has 0 fully saturated rings. The van der Waals surface area contributed by atoms with Crippen LogP contribution < -0.4 is 14.8 Å². The van der Waals surface area contributed by atoms with Crippen LogP contribution in [0.25, 0.3) is 0 Å². The van der Waals surface area contributed by atoms with E-state index in [1.165, 1.54) is 25.4 Å². The molecule has 1 N–H and O–H groups in total. The van der Waals surface area contributed by atoms with E-state index < -0.39 is 5.97 Å². The third-order valence-electron chi connectivity index (χ3n) is 3.37. The zero-order chi connectivity index (χ0) is 17.8. The maximum absolute atomic E-state index is 11.9. The van der Waals surface area contributed by atoms with Crippen LogP contribution in [-0.4, -0.2) is 13.1 Å². The number of carbonyl (C=O) groups is 1. The summed E-state index contributed by atoms with van der Waals surface area (Å²) < 4.78 is 16.4. The predicted octanol–water partition coefficient (Wildman–Crippen LogP) is 3.71. The molecule has 0 radical (unpaired) electrons. The fourth-order valence-corrected chi connectivity index (χ4v) is 2.21. The Morgan fingerprint density at radius 1 is 1.12 bits per heavy atom. The molecule has 2 aromatic rings. The molecular formula is C18H11N3O4. The summed E-state index contributed by atoms with van der Waals surface area (Å²) in [7, 11) is 1.27. The summed E-state index contributed by atoms with van der Waals surface area (Å²) in [5.41, 5.74) is 0.459. The molecular weight excluding hydrogens is 322 g/mol. The minimum absolute atomic E-state index is 0.130. The Bertz CT molecular complexity index is 951. The van der Waals surface area contributed by atoms with Crippen LogP contribution in [0.1, 0.15) is 10.4 Å². The summed E-state index contributed by atoms with van der Waals surface area (Å²) in [5, 5.41) is 20.5. The number of esters is 1. The molecule has 1 heterocycles. The molecule has 7 heteroatoms. The molecule has 0 aromatic heterocycles. The van der Waals surface area contributed by atoms with Crippen LogP contribution in [-0.2, 0) is 4.74 Å². The molecule has 2 aromatic carbocycles. The van der Waals surface area contributed by atoms with Crippen molar-refractivity contribution in [2.45, 2.75) is 0 Å². The van der Waals surface area contributed by atoms with E-state index in [9.17, 15) is 4.79 Å². The van der Waals surface area contributed by atoms with Gasteiger partial charge in [-0.3, -0.25) is 0 Å². The van der Waals surface area contributed by atoms with E-state index in [2.05, 4.69) is 5.32 Å². The number of allylic oxidation sites excluding steroid dienone is 1. The zero-order valence-corrected chi connectivity index (χ0v) is 13.1. The number of hydrogen-bond donors (Lipinski definition) is 1. The molecule has 0 amide bonds. The second-order valence-corrected chi connectivity index (χ2v) is 4.92. The number of nitrogens with one attached hydrogen (secondary N) is 1. The molecule has 1 aliphatic heterocycles. The van der Waals surface area contributed by atoms with Gasteiger partial charge < -0.3 is 19.5 Å². The van der Waals surface area contributed by atoms with Gasteiger partial charge in [-0.25, -0.2) is 4.79 Å². The van der Waals surface area contributed by atoms with Gasteiger partial charge in [0.1, 0.15) is 17.7 Å². The Hall–Kier alpha value is -3.97. The van der Waals surface area contributed by atoms with Crippen molar-refractivity contribution < 1.29 is 19.0 Å². The average Bonchev–Trinajstić information content (AvgIpc) is 2.66. The van der Waals surface area contributed by atoms with Gasteiger partial charge in [0.05, 0.1) is 18.4 Å². The monoisotopic (exact) mass is 333 g/mol. The van der Waals surface area contributed by atoms with Gasteiger partial charge in [0.15, 0.2) is 23.0 Å². The number of rotatable bonds is 3. The second-order valence-electron chi connectivity index (χ2n) is 4.92. The van der Waals surface area contributed by atoms with Gasteiger partial charge in [0.2, 0.25) is 0 Å². The van der Waals surface area contributed by atoms with Gasteiger partial charge in [0.25, 0.3) is 0 Å². The fraction of sp³-hybridized carbons (Fsp3) is 0.0556. The molecule has 0 saturated heterocycles. The predicted molar refractivity (Wildman–Crippen MR) is 87.3 cm³/mol. The van der Waals surface area contributed by atoms with E-state index in [0.717, 1.165) is 0 Å². The van der Waals surface area contributed by atoms with E-state index in [1.54, 1.807) is 36.4 Å². The third-order valence-corrected chi connectivity index (χ3v) is 3.37. The van der Waals surface area contributed by atoms with E-state index in [0.29, 0.717) is 28.7 Å². The minimum Gasteiger partial charge on any atom is -0.465 e. The summed E-state index contributed by atoms with van der Waals surface area (Å²) >= 11 is 0. The van der Waals surface area contributed by atoms with E-state index in [1.807, 2.05) is 0 Å². The first kappa shape index (κ1) is 15.9. The van der Waals surface area contributed by atoms with Crippen LogP contribution in [0.15, 0.2) is 48.2 Å². The zero-order valence-electron chi connectivity index (χ0n) is 13.1. The maximum atomic E-state index is 11.9. The summed E-state index contributed by atoms with van der Waals surface area (Å²) in [5.74, 6) is 1.10. The molecule has 0 atom stereocenters. The lowest BCUT2D eigenvalue weighted by Gasteiger charge is -2.23. The summed E-state index contributed by atoms with van der Waals surface area (Å²) in [6.07, 6.45) is 1.22. The lowest BCUT2D eigenvalue weighted by molar-refractivity contribution is 0.0600. The van der Waals surface area contributed by atoms with Crippen LogP contribution in [0.3, 0.4) is 0 Å². The van der Waals surface area contributed by atoms with E-state index in [4.69, 9.17) is 24.7 Å². The average molecular weight is 333 g/mol. The first-order valence-electron chi connectivity index (χ1n) is 7.14. The van der Waals surface area contributed by atoms with Crippen LogP contribution in [0.5, 0.6) is 23.0 Å². The molecule has 0 unspecified atom stereocenters. The summed E-state index contributed by atoms with van der Waals surface area (Å²) in [4.78, 5) is 11.9. The molecule has 122 valence electrons. The van der Waals surface area contributed by atoms with Crippen LogP contribution in [0, 0.1) is 22.7 Å². The number of nitriles is 2. The van der Waals surface area contributed by atoms with Crippen molar-refractivity contribution in [1.82, 2.24) is 0 Å². The third kappa shape index (κ3) is 3.07. The number of methoxy groups -OCH3 is 1. The van der Waals surface area contributed by atoms with Crippen molar-refractivity contribution in [1.29, 1.82) is 10.5 Å². The van der Waals surface area contributed by atoms with Crippen LogP contribution in [0.4, 0.5) is 5.69 Å². The van der Waals surface area contributed by atoms with Gasteiger partial charge in [-0.1, -0.05) is 12.1 Å². The highest BCUT2D eigenvalue weighted by Gasteiger charge is 2.24. The van der Waals surface area contributed by atoms with Crippen molar-refractivity contribution in [3.63, 3.8) is 0 Å². The Morgan fingerprint density at radius 2 is 1.80 bits per heavy atom. The Labute approximate surface area is 143 Å². The standard InChI is InChI=1S/C18H11N3O4/c1-23-18(22)12-6-13(21-10-11(8-19)9-20)17-16(7-12)24-14-4-2-3-5-15(14)25-17/h2-7,10,21H,1H3. The lowest BCUT2D eigenvalue weighted by Crippen LogP contribution is -2.07. The van der Waals surface area contributed by atoms with Crippen molar-refractivity contribution in [3.05, 3.63) is 53.7 Å². The molecule has 7 nitrogen and oxygen atoms in total. The smallest absolute Gasteiger partial charge is 0.338 e. The highest BCUT2D eigenvalue weighted by Crippen LogP contribution is 2.49. The van der Waals surface area contributed by atoms with Gasteiger partial charge in [-0.15, -0.1) is 0 Å². The van der Waals surface area contributed by atoms with Crippen molar-refractivity contribution in [3.8, 4) is 35.1 Å². The number of fused-ring (bicyclic) bond motifs is 2. The quantitative estimate of drug-likeness (QED) is 0.575. The highest BCUT2D eigenvalue weighted by molar-refractivity contribution is 5.92. The van der Waals surface area contributed by atoms with E-state index in [-0.39, 0.29) is 11.1 Å². The largest absolute Gasteiger partial charge is 0.465 e. The lowest BCUT2D eigenvalue weighted by atomic mass is 10.1. The number of hydrogen-bond acceptors (Lipinski definition) is 7. The second kappa shape index (κ2) is 6.65. The number of ether oxygens (including phenoxy) is 3. The number of benzene rings is 2. The van der Waals surface area contributed by atoms with Crippen LogP contribution in [0.2, 0.25) is 0 Å². The van der Waals surface area contributed by atoms with Gasteiger partial charge >= 0.3 is 5.97 Å². The molecule has 25 heavy (non-hydrogen) atoms. The normalized spacial score (nSPS) is 10.5. The fourth-order valence-electron chi connectivity index (χ4n) is 2.21. The van der Waals surface area contributed by atoms with Gasteiger partial charge in [0, 0.05) is 6.20 Å². The minimum atomic E-state index is -0.557. The Morgan fingerprint density at radius 3 is 2.44 bits per heavy atom. The van der Waals surface area contributed by atoms with Crippen molar-refractivity contribution >= 4 is 11.7 Å². The maximum Gasteiger partial charge on any atom is 0.338 e. The Balaban J connectivity index is 2.08. The van der Waals surface area contributed by atoms with E-state index >= 15 is 0 Å². The number of anilines is 1. The molecule has 0 saturated carbocycles. The molecule has 0 spiro atoms.